The van der Waals surface area contributed by atoms with Crippen LogP contribution in [0.15, 0.2) is 29.8 Å². The number of esters is 1. The van der Waals surface area contributed by atoms with Crippen molar-refractivity contribution in [2.75, 3.05) is 7.11 Å². The molecule has 3 rings (SSSR count). The third kappa shape index (κ3) is 2.14. The first kappa shape index (κ1) is 14.1. The van der Waals surface area contributed by atoms with Crippen molar-refractivity contribution < 1.29 is 19.4 Å². The van der Waals surface area contributed by atoms with Gasteiger partial charge in [0.2, 0.25) is 0 Å². The molecule has 1 N–H and O–H groups in total. The molecule has 112 valence electrons. The number of para-hydroxylation sites is 1. The molecule has 0 aromatic heterocycles. The Morgan fingerprint density at radius 1 is 1.38 bits per heavy atom. The molecule has 0 radical (unpaired) electrons. The van der Waals surface area contributed by atoms with Crippen molar-refractivity contribution in [3.63, 3.8) is 0 Å². The molecule has 1 saturated carbocycles. The van der Waals surface area contributed by atoms with Gasteiger partial charge in [-0.15, -0.1) is 0 Å². The van der Waals surface area contributed by atoms with Crippen molar-refractivity contribution in [2.24, 2.45) is 0 Å². The van der Waals surface area contributed by atoms with Gasteiger partial charge in [-0.1, -0.05) is 18.2 Å². The van der Waals surface area contributed by atoms with Crippen LogP contribution < -0.4 is 4.74 Å². The summed E-state index contributed by atoms with van der Waals surface area (Å²) < 4.78 is 11.0. The number of allylic oxidation sites excluding steroid dienone is 1. The Labute approximate surface area is 124 Å². The fourth-order valence-electron chi connectivity index (χ4n) is 3.49. The minimum Gasteiger partial charge on any atom is -0.486 e. The molecule has 21 heavy (non-hydrogen) atoms. The number of fused-ring (bicyclic) bond motifs is 2. The lowest BCUT2D eigenvalue weighted by atomic mass is 9.75. The first-order chi connectivity index (χ1) is 10.1. The van der Waals surface area contributed by atoms with E-state index < -0.39 is 17.7 Å². The summed E-state index contributed by atoms with van der Waals surface area (Å²) >= 11 is 0. The summed E-state index contributed by atoms with van der Waals surface area (Å²) in [6.45, 7) is 1.85. The maximum atomic E-state index is 12.3. The third-order valence-corrected chi connectivity index (χ3v) is 4.56. The van der Waals surface area contributed by atoms with Gasteiger partial charge in [0.15, 0.2) is 0 Å². The normalized spacial score (nSPS) is 28.0. The average Bonchev–Trinajstić information content (AvgIpc) is 2.59. The second-order valence-electron chi connectivity index (χ2n) is 5.76. The highest BCUT2D eigenvalue weighted by Gasteiger charge is 2.49. The zero-order valence-electron chi connectivity index (χ0n) is 12.4. The molecule has 2 aliphatic rings. The Morgan fingerprint density at radius 2 is 2.14 bits per heavy atom. The van der Waals surface area contributed by atoms with Crippen molar-refractivity contribution in [2.45, 2.75) is 44.3 Å². The van der Waals surface area contributed by atoms with Gasteiger partial charge in [0.25, 0.3) is 0 Å². The predicted molar refractivity (Wildman–Crippen MR) is 78.9 cm³/mol. The molecule has 4 heteroatoms. The van der Waals surface area contributed by atoms with E-state index in [1.165, 1.54) is 7.11 Å². The molecule has 0 bridgehead atoms. The highest BCUT2D eigenvalue weighted by molar-refractivity contribution is 6.00. The maximum absolute atomic E-state index is 12.3. The van der Waals surface area contributed by atoms with Gasteiger partial charge in [-0.25, -0.2) is 4.79 Å². The molecule has 1 fully saturated rings. The zero-order valence-corrected chi connectivity index (χ0v) is 12.4. The number of benzene rings is 1. The van der Waals surface area contributed by atoms with Crippen LogP contribution in [0.3, 0.4) is 0 Å². The number of carbonyl (C=O) groups excluding carboxylic acids is 1. The molecule has 1 aliphatic heterocycles. The van der Waals surface area contributed by atoms with Crippen LogP contribution in [0.5, 0.6) is 5.75 Å². The summed E-state index contributed by atoms with van der Waals surface area (Å²) in [5.74, 6) is 0.251. The van der Waals surface area contributed by atoms with Gasteiger partial charge < -0.3 is 14.6 Å². The van der Waals surface area contributed by atoms with Crippen LogP contribution >= 0.6 is 0 Å². The number of hydrogen-bond acceptors (Lipinski definition) is 4. The van der Waals surface area contributed by atoms with Crippen molar-refractivity contribution >= 4 is 11.5 Å². The van der Waals surface area contributed by atoms with Crippen molar-refractivity contribution in [1.29, 1.82) is 0 Å². The van der Waals surface area contributed by atoms with Gasteiger partial charge in [-0.3, -0.25) is 0 Å². The van der Waals surface area contributed by atoms with E-state index in [1.807, 2.05) is 31.2 Å². The van der Waals surface area contributed by atoms with Crippen LogP contribution in [0.4, 0.5) is 0 Å². The molecule has 0 saturated heterocycles. The van der Waals surface area contributed by atoms with E-state index in [4.69, 9.17) is 9.47 Å². The molecule has 1 heterocycles. The van der Waals surface area contributed by atoms with Crippen LogP contribution in [-0.2, 0) is 9.53 Å². The van der Waals surface area contributed by atoms with Crippen LogP contribution in [0, 0.1) is 0 Å². The quantitative estimate of drug-likeness (QED) is 0.807. The van der Waals surface area contributed by atoms with E-state index in [0.717, 1.165) is 36.1 Å². The van der Waals surface area contributed by atoms with Crippen LogP contribution in [0.1, 0.15) is 38.2 Å². The molecule has 2 atom stereocenters. The van der Waals surface area contributed by atoms with E-state index in [-0.39, 0.29) is 0 Å². The molecule has 2 unspecified atom stereocenters. The third-order valence-electron chi connectivity index (χ3n) is 4.56. The number of methoxy groups -OCH3 is 1. The predicted octanol–water partition coefficient (Wildman–Crippen LogP) is 2.70. The number of ether oxygens (including phenoxy) is 2. The largest absolute Gasteiger partial charge is 0.486 e. The van der Waals surface area contributed by atoms with Crippen LogP contribution in [0.2, 0.25) is 0 Å². The Bertz CT molecular complexity index is 605. The Balaban J connectivity index is 2.24. The Kier molecular flexibility index (Phi) is 3.49. The van der Waals surface area contributed by atoms with Gasteiger partial charge in [-0.05, 0) is 44.2 Å². The number of aliphatic hydroxyl groups is 1. The van der Waals surface area contributed by atoms with E-state index in [1.54, 1.807) is 0 Å². The highest BCUT2D eigenvalue weighted by atomic mass is 16.5. The minimum absolute atomic E-state index is 0.347. The highest BCUT2D eigenvalue weighted by Crippen LogP contribution is 2.45. The van der Waals surface area contributed by atoms with E-state index in [9.17, 15) is 9.90 Å². The monoisotopic (exact) mass is 288 g/mol. The van der Waals surface area contributed by atoms with Crippen molar-refractivity contribution in [3.8, 4) is 5.75 Å². The van der Waals surface area contributed by atoms with Crippen LogP contribution in [-0.4, -0.2) is 29.9 Å². The van der Waals surface area contributed by atoms with Gasteiger partial charge in [0, 0.05) is 5.56 Å². The first-order valence-electron chi connectivity index (χ1n) is 7.36. The molecule has 0 amide bonds. The van der Waals surface area contributed by atoms with Crippen molar-refractivity contribution in [3.05, 3.63) is 35.4 Å². The summed E-state index contributed by atoms with van der Waals surface area (Å²) in [7, 11) is 1.35. The molecule has 1 aliphatic carbocycles. The molecule has 1 aromatic rings. The van der Waals surface area contributed by atoms with Gasteiger partial charge in [0.1, 0.15) is 17.5 Å². The Morgan fingerprint density at radius 3 is 2.90 bits per heavy atom. The molecular formula is C17H20O4. The molecular weight excluding hydrogens is 268 g/mol. The molecule has 4 nitrogen and oxygen atoms in total. The van der Waals surface area contributed by atoms with E-state index >= 15 is 0 Å². The second-order valence-corrected chi connectivity index (χ2v) is 5.76. The lowest BCUT2D eigenvalue weighted by molar-refractivity contribution is -0.142. The van der Waals surface area contributed by atoms with Gasteiger partial charge in [-0.2, -0.15) is 0 Å². The topological polar surface area (TPSA) is 55.8 Å². The summed E-state index contributed by atoms with van der Waals surface area (Å²) in [5, 5.41) is 11.2. The van der Waals surface area contributed by atoms with Crippen LogP contribution in [0.25, 0.3) is 5.57 Å². The van der Waals surface area contributed by atoms with E-state index in [2.05, 4.69) is 0 Å². The second kappa shape index (κ2) is 5.19. The zero-order chi connectivity index (χ0) is 15.0. The number of rotatable bonds is 1. The maximum Gasteiger partial charge on any atom is 0.337 e. The van der Waals surface area contributed by atoms with E-state index in [0.29, 0.717) is 12.0 Å². The summed E-state index contributed by atoms with van der Waals surface area (Å²) in [6.07, 6.45) is 2.72. The smallest absolute Gasteiger partial charge is 0.337 e. The fourth-order valence-corrected chi connectivity index (χ4v) is 3.49. The molecule has 1 aromatic carbocycles. The SMILES string of the molecule is COC(=O)C1=C(C)c2ccccc2OC2CCCCC12O. The summed E-state index contributed by atoms with van der Waals surface area (Å²) in [4.78, 5) is 12.3. The lowest BCUT2D eigenvalue weighted by Crippen LogP contribution is -2.51. The minimum atomic E-state index is -1.27. The lowest BCUT2D eigenvalue weighted by Gasteiger charge is -2.39. The fraction of sp³-hybridized carbons (Fsp3) is 0.471. The number of carbonyl (C=O) groups is 1. The average molecular weight is 288 g/mol. The Hall–Kier alpha value is -1.81. The number of hydrogen-bond donors (Lipinski definition) is 1. The summed E-state index contributed by atoms with van der Waals surface area (Å²) in [5.41, 5.74) is 0.666. The standard InChI is InChI=1S/C17H20O4/c1-11-12-7-3-4-8-13(12)21-14-9-5-6-10-17(14,19)15(11)16(18)20-2/h3-4,7-8,14,19H,5-6,9-10H2,1-2H3. The molecule has 0 spiro atoms. The van der Waals surface area contributed by atoms with Gasteiger partial charge in [0.05, 0.1) is 12.7 Å². The first-order valence-corrected chi connectivity index (χ1v) is 7.36. The van der Waals surface area contributed by atoms with Gasteiger partial charge >= 0.3 is 5.97 Å². The van der Waals surface area contributed by atoms with Crippen molar-refractivity contribution in [1.82, 2.24) is 0 Å². The summed E-state index contributed by atoms with van der Waals surface area (Å²) in [6, 6.07) is 7.60.